The van der Waals surface area contributed by atoms with Crippen molar-refractivity contribution in [2.75, 3.05) is 6.61 Å². The van der Waals surface area contributed by atoms with E-state index in [0.29, 0.717) is 11.5 Å². The molecule has 0 bridgehead atoms. The summed E-state index contributed by atoms with van der Waals surface area (Å²) < 4.78 is 11.2. The monoisotopic (exact) mass is 392 g/mol. The number of nitrogens with one attached hydrogen (secondary N) is 2. The fourth-order valence-electron chi connectivity index (χ4n) is 2.77. The molecule has 0 saturated heterocycles. The molecule has 6 heteroatoms. The van der Waals surface area contributed by atoms with E-state index in [2.05, 4.69) is 10.9 Å². The number of aryl methyl sites for hydroxylation is 1. The van der Waals surface area contributed by atoms with Crippen molar-refractivity contribution < 1.29 is 19.1 Å². The van der Waals surface area contributed by atoms with Crippen LogP contribution < -0.4 is 20.3 Å². The first-order chi connectivity index (χ1) is 13.9. The predicted molar refractivity (Wildman–Crippen MR) is 112 cm³/mol. The van der Waals surface area contributed by atoms with Crippen molar-refractivity contribution in [3.63, 3.8) is 0 Å². The summed E-state index contributed by atoms with van der Waals surface area (Å²) in [6.07, 6.45) is -0.766. The van der Waals surface area contributed by atoms with Crippen molar-refractivity contribution in [3.8, 4) is 11.5 Å². The Morgan fingerprint density at radius 2 is 1.69 bits per heavy atom. The summed E-state index contributed by atoms with van der Waals surface area (Å²) in [5.41, 5.74) is 6.75. The summed E-state index contributed by atoms with van der Waals surface area (Å²) in [6, 6.07) is 19.1. The molecular formula is C23H24N2O4. The number of hydrazine groups is 1. The minimum Gasteiger partial charge on any atom is -0.484 e. The lowest BCUT2D eigenvalue weighted by Crippen LogP contribution is -2.48. The second-order valence-electron chi connectivity index (χ2n) is 6.79. The maximum Gasteiger partial charge on any atom is 0.279 e. The molecule has 0 radical (unpaired) electrons. The molecule has 3 rings (SSSR count). The van der Waals surface area contributed by atoms with E-state index >= 15 is 0 Å². The first-order valence-electron chi connectivity index (χ1n) is 9.37. The van der Waals surface area contributed by atoms with Crippen molar-refractivity contribution >= 4 is 22.6 Å². The lowest BCUT2D eigenvalue weighted by Gasteiger charge is -2.17. The standard InChI is InChI=1S/C23H24N2O4/c1-15-7-6-10-21(16(15)2)29-17(3)23(27)25-24-22(26)14-28-20-12-11-18-8-4-5-9-19(18)13-20/h4-13,17H,14H2,1-3H3,(H,24,26)(H,25,27)/t17-/m1/s1. The second-order valence-corrected chi connectivity index (χ2v) is 6.79. The molecular weight excluding hydrogens is 368 g/mol. The van der Waals surface area contributed by atoms with Gasteiger partial charge in [-0.2, -0.15) is 0 Å². The van der Waals surface area contributed by atoms with E-state index in [1.807, 2.05) is 68.4 Å². The summed E-state index contributed by atoms with van der Waals surface area (Å²) in [4.78, 5) is 24.1. The molecule has 1 atom stereocenters. The SMILES string of the molecule is Cc1cccc(O[C@H](C)C(=O)NNC(=O)COc2ccc3ccccc3c2)c1C. The van der Waals surface area contributed by atoms with Gasteiger partial charge in [-0.25, -0.2) is 0 Å². The Morgan fingerprint density at radius 3 is 2.48 bits per heavy atom. The lowest BCUT2D eigenvalue weighted by atomic mass is 10.1. The van der Waals surface area contributed by atoms with E-state index < -0.39 is 17.9 Å². The van der Waals surface area contributed by atoms with Gasteiger partial charge in [0.1, 0.15) is 11.5 Å². The zero-order valence-corrected chi connectivity index (χ0v) is 16.7. The molecule has 0 aliphatic heterocycles. The van der Waals surface area contributed by atoms with Gasteiger partial charge >= 0.3 is 0 Å². The number of benzene rings is 3. The Hall–Kier alpha value is -3.54. The molecule has 0 spiro atoms. The molecule has 150 valence electrons. The third-order valence-electron chi connectivity index (χ3n) is 4.64. The molecule has 3 aromatic carbocycles. The topological polar surface area (TPSA) is 76.7 Å². The van der Waals surface area contributed by atoms with Crippen LogP contribution >= 0.6 is 0 Å². The molecule has 0 unspecified atom stereocenters. The minimum absolute atomic E-state index is 0.217. The third kappa shape index (κ3) is 5.25. The van der Waals surface area contributed by atoms with Crippen LogP contribution in [0, 0.1) is 13.8 Å². The van der Waals surface area contributed by atoms with E-state index in [9.17, 15) is 9.59 Å². The Morgan fingerprint density at radius 1 is 0.931 bits per heavy atom. The highest BCUT2D eigenvalue weighted by Crippen LogP contribution is 2.22. The number of amides is 2. The van der Waals surface area contributed by atoms with Crippen LogP contribution in [0.25, 0.3) is 10.8 Å². The lowest BCUT2D eigenvalue weighted by molar-refractivity contribution is -0.133. The van der Waals surface area contributed by atoms with Gasteiger partial charge in [0.25, 0.3) is 11.8 Å². The van der Waals surface area contributed by atoms with Crippen molar-refractivity contribution in [2.24, 2.45) is 0 Å². The Balaban J connectivity index is 1.46. The quantitative estimate of drug-likeness (QED) is 0.630. The molecule has 29 heavy (non-hydrogen) atoms. The fourth-order valence-corrected chi connectivity index (χ4v) is 2.77. The zero-order chi connectivity index (χ0) is 20.8. The predicted octanol–water partition coefficient (Wildman–Crippen LogP) is 3.45. The molecule has 0 aliphatic carbocycles. The molecule has 2 amide bonds. The number of carbonyl (C=O) groups excluding carboxylic acids is 2. The van der Waals surface area contributed by atoms with Gasteiger partial charge in [-0.05, 0) is 60.9 Å². The van der Waals surface area contributed by atoms with Crippen LogP contribution in [0.3, 0.4) is 0 Å². The van der Waals surface area contributed by atoms with Gasteiger partial charge in [0.05, 0.1) is 0 Å². The van der Waals surface area contributed by atoms with Crippen LogP contribution in [-0.4, -0.2) is 24.5 Å². The van der Waals surface area contributed by atoms with Gasteiger partial charge in [-0.3, -0.25) is 20.4 Å². The molecule has 0 aliphatic rings. The summed E-state index contributed by atoms with van der Waals surface area (Å²) in [5, 5.41) is 2.12. The highest BCUT2D eigenvalue weighted by atomic mass is 16.5. The van der Waals surface area contributed by atoms with Crippen molar-refractivity contribution in [1.82, 2.24) is 10.9 Å². The van der Waals surface area contributed by atoms with Crippen LogP contribution in [-0.2, 0) is 9.59 Å². The van der Waals surface area contributed by atoms with Crippen molar-refractivity contribution in [2.45, 2.75) is 26.9 Å². The number of carbonyl (C=O) groups is 2. The van der Waals surface area contributed by atoms with Gasteiger partial charge in [0.15, 0.2) is 12.7 Å². The van der Waals surface area contributed by atoms with Crippen LogP contribution in [0.2, 0.25) is 0 Å². The average molecular weight is 392 g/mol. The summed E-state index contributed by atoms with van der Waals surface area (Å²) in [5.74, 6) is 0.297. The number of hydrogen-bond acceptors (Lipinski definition) is 4. The highest BCUT2D eigenvalue weighted by molar-refractivity contribution is 5.86. The number of fused-ring (bicyclic) bond motifs is 1. The molecule has 6 nitrogen and oxygen atoms in total. The zero-order valence-electron chi connectivity index (χ0n) is 16.7. The Labute approximate surface area is 169 Å². The van der Waals surface area contributed by atoms with Crippen LogP contribution in [0.4, 0.5) is 0 Å². The van der Waals surface area contributed by atoms with Gasteiger partial charge in [-0.15, -0.1) is 0 Å². The summed E-state index contributed by atoms with van der Waals surface area (Å²) >= 11 is 0. The molecule has 3 aromatic rings. The summed E-state index contributed by atoms with van der Waals surface area (Å²) in [7, 11) is 0. The molecule has 0 heterocycles. The van der Waals surface area contributed by atoms with Crippen LogP contribution in [0.1, 0.15) is 18.1 Å². The molecule has 0 fully saturated rings. The normalized spacial score (nSPS) is 11.6. The highest BCUT2D eigenvalue weighted by Gasteiger charge is 2.17. The summed E-state index contributed by atoms with van der Waals surface area (Å²) in [6.45, 7) is 5.31. The van der Waals surface area contributed by atoms with E-state index in [4.69, 9.17) is 9.47 Å². The smallest absolute Gasteiger partial charge is 0.279 e. The van der Waals surface area contributed by atoms with Crippen molar-refractivity contribution in [1.29, 1.82) is 0 Å². The van der Waals surface area contributed by atoms with Gasteiger partial charge in [0, 0.05) is 0 Å². The Bertz CT molecular complexity index is 1030. The van der Waals surface area contributed by atoms with E-state index in [1.54, 1.807) is 13.0 Å². The maximum atomic E-state index is 12.2. The number of rotatable bonds is 6. The Kier molecular flexibility index (Phi) is 6.34. The minimum atomic E-state index is -0.766. The average Bonchev–Trinajstić information content (AvgIpc) is 2.73. The van der Waals surface area contributed by atoms with Gasteiger partial charge < -0.3 is 9.47 Å². The molecule has 0 aromatic heterocycles. The largest absolute Gasteiger partial charge is 0.484 e. The fraction of sp³-hybridized carbons (Fsp3) is 0.217. The van der Waals surface area contributed by atoms with Crippen LogP contribution in [0.5, 0.6) is 11.5 Å². The molecule has 2 N–H and O–H groups in total. The van der Waals surface area contributed by atoms with Gasteiger partial charge in [0.2, 0.25) is 0 Å². The van der Waals surface area contributed by atoms with E-state index in [1.165, 1.54) is 0 Å². The van der Waals surface area contributed by atoms with Crippen molar-refractivity contribution in [3.05, 3.63) is 71.8 Å². The molecule has 0 saturated carbocycles. The number of hydrogen-bond donors (Lipinski definition) is 2. The number of ether oxygens (including phenoxy) is 2. The van der Waals surface area contributed by atoms with E-state index in [-0.39, 0.29) is 6.61 Å². The first-order valence-corrected chi connectivity index (χ1v) is 9.37. The second kappa shape index (κ2) is 9.10. The van der Waals surface area contributed by atoms with E-state index in [0.717, 1.165) is 21.9 Å². The first kappa shape index (κ1) is 20.2. The van der Waals surface area contributed by atoms with Crippen LogP contribution in [0.15, 0.2) is 60.7 Å². The van der Waals surface area contributed by atoms with Gasteiger partial charge in [-0.1, -0.05) is 42.5 Å². The third-order valence-corrected chi connectivity index (χ3v) is 4.64. The maximum absolute atomic E-state index is 12.2.